The Morgan fingerprint density at radius 1 is 1.38 bits per heavy atom. The van der Waals surface area contributed by atoms with Gasteiger partial charge in [0.15, 0.2) is 0 Å². The van der Waals surface area contributed by atoms with Crippen LogP contribution in [0.5, 0.6) is 0 Å². The highest BCUT2D eigenvalue weighted by molar-refractivity contribution is 7.89. The quantitative estimate of drug-likeness (QED) is 0.843. The summed E-state index contributed by atoms with van der Waals surface area (Å²) in [6.45, 7) is 2.81. The molecule has 2 unspecified atom stereocenters. The predicted molar refractivity (Wildman–Crippen MR) is 87.0 cm³/mol. The maximum atomic E-state index is 12.2. The van der Waals surface area contributed by atoms with Gasteiger partial charge in [-0.25, -0.2) is 13.1 Å². The Morgan fingerprint density at radius 2 is 2.14 bits per heavy atom. The monoisotopic (exact) mass is 330 g/mol. The third-order valence-corrected chi connectivity index (χ3v) is 5.71. The molecule has 2 N–H and O–H groups in total. The van der Waals surface area contributed by atoms with Gasteiger partial charge < -0.3 is 5.32 Å². The summed E-state index contributed by atoms with van der Waals surface area (Å²) < 4.78 is 27.1. The highest BCUT2D eigenvalue weighted by Gasteiger charge is 2.20. The molecule has 0 aromatic heterocycles. The second-order valence-electron chi connectivity index (χ2n) is 5.62. The molecule has 1 saturated heterocycles. The van der Waals surface area contributed by atoms with E-state index in [4.69, 9.17) is 11.6 Å². The minimum atomic E-state index is -3.29. The molecule has 0 radical (unpaired) electrons. The average Bonchev–Trinajstić information content (AvgIpc) is 2.46. The van der Waals surface area contributed by atoms with Gasteiger partial charge in [0.25, 0.3) is 0 Å². The SMILES string of the molecule is CC(NS(=O)(=O)CCC1CCCCN1)c1ccccc1Cl. The van der Waals surface area contributed by atoms with Crippen molar-refractivity contribution >= 4 is 21.6 Å². The van der Waals surface area contributed by atoms with Gasteiger partial charge in [0, 0.05) is 17.1 Å². The van der Waals surface area contributed by atoms with E-state index in [1.165, 1.54) is 12.8 Å². The third-order valence-electron chi connectivity index (χ3n) is 3.88. The molecule has 2 rings (SSSR count). The predicted octanol–water partition coefficient (Wildman–Crippen LogP) is 2.85. The van der Waals surface area contributed by atoms with Crippen LogP contribution in [0.1, 0.15) is 44.2 Å². The van der Waals surface area contributed by atoms with E-state index in [-0.39, 0.29) is 11.8 Å². The first-order valence-electron chi connectivity index (χ1n) is 7.46. The minimum Gasteiger partial charge on any atom is -0.314 e. The molecule has 1 fully saturated rings. The Balaban J connectivity index is 1.89. The average molecular weight is 331 g/mol. The molecular formula is C15H23ClN2O2S. The standard InChI is InChI=1S/C15H23ClN2O2S/c1-12(14-7-2-3-8-15(14)16)18-21(19,20)11-9-13-6-4-5-10-17-13/h2-3,7-8,12-13,17-18H,4-6,9-11H2,1H3. The molecule has 0 saturated carbocycles. The molecule has 4 nitrogen and oxygen atoms in total. The minimum absolute atomic E-state index is 0.152. The smallest absolute Gasteiger partial charge is 0.212 e. The largest absolute Gasteiger partial charge is 0.314 e. The molecule has 1 heterocycles. The summed E-state index contributed by atoms with van der Waals surface area (Å²) >= 11 is 6.10. The van der Waals surface area contributed by atoms with Gasteiger partial charge in [0.1, 0.15) is 0 Å². The van der Waals surface area contributed by atoms with Crippen molar-refractivity contribution in [2.45, 2.75) is 44.7 Å². The van der Waals surface area contributed by atoms with Crippen LogP contribution in [0.25, 0.3) is 0 Å². The first-order valence-corrected chi connectivity index (χ1v) is 9.49. The zero-order valence-corrected chi connectivity index (χ0v) is 13.9. The highest BCUT2D eigenvalue weighted by Crippen LogP contribution is 2.23. The van der Waals surface area contributed by atoms with E-state index in [0.717, 1.165) is 18.5 Å². The zero-order chi connectivity index (χ0) is 15.3. The van der Waals surface area contributed by atoms with E-state index in [2.05, 4.69) is 10.0 Å². The van der Waals surface area contributed by atoms with Crippen LogP contribution < -0.4 is 10.0 Å². The van der Waals surface area contributed by atoms with Crippen molar-refractivity contribution in [2.24, 2.45) is 0 Å². The number of halogens is 1. The van der Waals surface area contributed by atoms with E-state index in [1.54, 1.807) is 6.07 Å². The van der Waals surface area contributed by atoms with Crippen molar-refractivity contribution in [1.29, 1.82) is 0 Å². The number of benzene rings is 1. The number of hydrogen-bond acceptors (Lipinski definition) is 3. The van der Waals surface area contributed by atoms with Gasteiger partial charge in [0.2, 0.25) is 10.0 Å². The molecule has 0 amide bonds. The van der Waals surface area contributed by atoms with Crippen LogP contribution in [0.4, 0.5) is 0 Å². The summed E-state index contributed by atoms with van der Waals surface area (Å²) in [5.41, 5.74) is 0.804. The van der Waals surface area contributed by atoms with E-state index >= 15 is 0 Å². The molecule has 1 aliphatic rings. The lowest BCUT2D eigenvalue weighted by molar-refractivity contribution is 0.392. The van der Waals surface area contributed by atoms with Crippen LogP contribution >= 0.6 is 11.6 Å². The van der Waals surface area contributed by atoms with Crippen molar-refractivity contribution in [3.8, 4) is 0 Å². The van der Waals surface area contributed by atoms with E-state index in [0.29, 0.717) is 17.5 Å². The van der Waals surface area contributed by atoms with Crippen LogP contribution in [0.15, 0.2) is 24.3 Å². The van der Waals surface area contributed by atoms with Gasteiger partial charge in [-0.1, -0.05) is 36.2 Å². The molecule has 1 aromatic rings. The molecule has 1 aliphatic heterocycles. The van der Waals surface area contributed by atoms with Crippen LogP contribution in [0.2, 0.25) is 5.02 Å². The molecule has 0 bridgehead atoms. The Hall–Kier alpha value is -0.620. The van der Waals surface area contributed by atoms with Gasteiger partial charge >= 0.3 is 0 Å². The maximum absolute atomic E-state index is 12.2. The van der Waals surface area contributed by atoms with Crippen molar-refractivity contribution in [3.63, 3.8) is 0 Å². The zero-order valence-electron chi connectivity index (χ0n) is 12.3. The van der Waals surface area contributed by atoms with Gasteiger partial charge in [0.05, 0.1) is 5.75 Å². The van der Waals surface area contributed by atoms with Gasteiger partial charge in [-0.3, -0.25) is 0 Å². The lowest BCUT2D eigenvalue weighted by atomic mass is 10.0. The lowest BCUT2D eigenvalue weighted by Gasteiger charge is -2.23. The molecule has 21 heavy (non-hydrogen) atoms. The number of hydrogen-bond donors (Lipinski definition) is 2. The summed E-state index contributed by atoms with van der Waals surface area (Å²) in [7, 11) is -3.29. The van der Waals surface area contributed by atoms with Gasteiger partial charge in [-0.05, 0) is 44.4 Å². The second kappa shape index (κ2) is 7.58. The molecule has 0 spiro atoms. The third kappa shape index (κ3) is 5.25. The molecule has 118 valence electrons. The number of nitrogens with one attached hydrogen (secondary N) is 2. The van der Waals surface area contributed by atoms with Crippen molar-refractivity contribution < 1.29 is 8.42 Å². The maximum Gasteiger partial charge on any atom is 0.212 e. The molecule has 0 aliphatic carbocycles. The summed E-state index contributed by atoms with van der Waals surface area (Å²) in [5, 5.41) is 3.96. The Kier molecular flexibility index (Phi) is 6.05. The van der Waals surface area contributed by atoms with Crippen molar-refractivity contribution in [3.05, 3.63) is 34.9 Å². The molecule has 6 heteroatoms. The molecular weight excluding hydrogens is 308 g/mol. The fourth-order valence-corrected chi connectivity index (χ4v) is 4.36. The first kappa shape index (κ1) is 16.7. The normalized spacial score (nSPS) is 21.1. The number of piperidine rings is 1. The van der Waals surface area contributed by atoms with E-state index in [1.807, 2.05) is 25.1 Å². The van der Waals surface area contributed by atoms with E-state index < -0.39 is 10.0 Å². The van der Waals surface area contributed by atoms with Crippen LogP contribution in [0.3, 0.4) is 0 Å². The van der Waals surface area contributed by atoms with Crippen LogP contribution in [-0.2, 0) is 10.0 Å². The Bertz CT molecular complexity index is 557. The topological polar surface area (TPSA) is 58.2 Å². The molecule has 1 aromatic carbocycles. The molecule has 2 atom stereocenters. The lowest BCUT2D eigenvalue weighted by Crippen LogP contribution is -2.37. The second-order valence-corrected chi connectivity index (χ2v) is 7.90. The fourth-order valence-electron chi connectivity index (χ4n) is 2.69. The Labute approximate surface area is 132 Å². The van der Waals surface area contributed by atoms with E-state index in [9.17, 15) is 8.42 Å². The fraction of sp³-hybridized carbons (Fsp3) is 0.600. The van der Waals surface area contributed by atoms with Crippen LogP contribution in [0, 0.1) is 0 Å². The van der Waals surface area contributed by atoms with Gasteiger partial charge in [-0.2, -0.15) is 0 Å². The first-order chi connectivity index (χ1) is 9.98. The summed E-state index contributed by atoms with van der Waals surface area (Å²) in [6, 6.07) is 7.32. The number of rotatable bonds is 6. The van der Waals surface area contributed by atoms with Crippen molar-refractivity contribution in [2.75, 3.05) is 12.3 Å². The van der Waals surface area contributed by atoms with Crippen LogP contribution in [-0.4, -0.2) is 26.8 Å². The summed E-state index contributed by atoms with van der Waals surface area (Å²) in [5.74, 6) is 0.152. The Morgan fingerprint density at radius 3 is 2.81 bits per heavy atom. The van der Waals surface area contributed by atoms with Crippen molar-refractivity contribution in [1.82, 2.24) is 10.0 Å². The highest BCUT2D eigenvalue weighted by atomic mass is 35.5. The van der Waals surface area contributed by atoms with Gasteiger partial charge in [-0.15, -0.1) is 0 Å². The summed E-state index contributed by atoms with van der Waals surface area (Å²) in [6.07, 6.45) is 4.09. The summed E-state index contributed by atoms with van der Waals surface area (Å²) in [4.78, 5) is 0. The number of sulfonamides is 1.